The van der Waals surface area contributed by atoms with Crippen LogP contribution in [0.1, 0.15) is 12.1 Å². The summed E-state index contributed by atoms with van der Waals surface area (Å²) in [6.07, 6.45) is 4.23. The van der Waals surface area contributed by atoms with E-state index in [0.29, 0.717) is 32.5 Å². The number of aromatic amines is 1. The Balaban J connectivity index is 1.87. The van der Waals surface area contributed by atoms with Crippen LogP contribution in [0.5, 0.6) is 0 Å². The molecular weight excluding hydrogens is 328 g/mol. The molecule has 9 heteroatoms. The van der Waals surface area contributed by atoms with E-state index in [4.69, 9.17) is 0 Å². The monoisotopic (exact) mass is 343 g/mol. The molecule has 0 bridgehead atoms. The molecule has 25 heavy (non-hydrogen) atoms. The maximum Gasteiger partial charge on any atom is 0.333 e. The molecule has 3 aromatic rings. The lowest BCUT2D eigenvalue weighted by atomic mass is 10.1. The van der Waals surface area contributed by atoms with Crippen LogP contribution in [0.15, 0.2) is 24.7 Å². The highest BCUT2D eigenvalue weighted by atomic mass is 19.3. The summed E-state index contributed by atoms with van der Waals surface area (Å²) in [6, 6.07) is 4.08. The smallest absolute Gasteiger partial charge is 0.333 e. The molecule has 1 fully saturated rings. The second-order valence-corrected chi connectivity index (χ2v) is 5.76. The number of H-pyrrole nitrogens is 1. The van der Waals surface area contributed by atoms with Gasteiger partial charge in [-0.2, -0.15) is 19.1 Å². The SMILES string of the molecule is N#Cc1c(-c2cnn(C(F)F)c2)[nH]c2nccc(N3CCNCC3)c12. The van der Waals surface area contributed by atoms with E-state index in [9.17, 15) is 14.0 Å². The fourth-order valence-electron chi connectivity index (χ4n) is 3.17. The maximum atomic E-state index is 12.8. The van der Waals surface area contributed by atoms with Crippen molar-refractivity contribution in [3.63, 3.8) is 0 Å². The van der Waals surface area contributed by atoms with Crippen LogP contribution in [0.25, 0.3) is 22.3 Å². The second kappa shape index (κ2) is 6.14. The topological polar surface area (TPSA) is 85.6 Å². The van der Waals surface area contributed by atoms with E-state index in [1.165, 1.54) is 12.4 Å². The molecule has 1 aliphatic heterocycles. The molecule has 2 N–H and O–H groups in total. The Kier molecular flexibility index (Phi) is 3.82. The molecular formula is C16H15F2N7. The summed E-state index contributed by atoms with van der Waals surface area (Å²) < 4.78 is 26.1. The minimum absolute atomic E-state index is 0.394. The van der Waals surface area contributed by atoms with Crippen molar-refractivity contribution in [3.8, 4) is 17.3 Å². The Bertz CT molecular complexity index is 947. The zero-order valence-electron chi connectivity index (χ0n) is 13.2. The largest absolute Gasteiger partial charge is 0.368 e. The van der Waals surface area contributed by atoms with Gasteiger partial charge in [0.25, 0.3) is 0 Å². The van der Waals surface area contributed by atoms with E-state index >= 15 is 0 Å². The highest BCUT2D eigenvalue weighted by Crippen LogP contribution is 2.35. The maximum absolute atomic E-state index is 12.8. The van der Waals surface area contributed by atoms with Gasteiger partial charge in [-0.25, -0.2) is 9.67 Å². The molecule has 0 spiro atoms. The number of piperazine rings is 1. The Labute approximate surface area is 141 Å². The van der Waals surface area contributed by atoms with Crippen molar-refractivity contribution < 1.29 is 8.78 Å². The molecule has 7 nitrogen and oxygen atoms in total. The first-order valence-electron chi connectivity index (χ1n) is 7.88. The van der Waals surface area contributed by atoms with Crippen LogP contribution in [0.3, 0.4) is 0 Å². The van der Waals surface area contributed by atoms with Crippen LogP contribution < -0.4 is 10.2 Å². The van der Waals surface area contributed by atoms with Gasteiger partial charge in [-0.3, -0.25) is 0 Å². The van der Waals surface area contributed by atoms with E-state index in [0.717, 1.165) is 31.9 Å². The van der Waals surface area contributed by atoms with Crippen molar-refractivity contribution >= 4 is 16.7 Å². The first-order chi connectivity index (χ1) is 12.2. The van der Waals surface area contributed by atoms with E-state index < -0.39 is 6.55 Å². The van der Waals surface area contributed by atoms with E-state index in [2.05, 4.69) is 31.4 Å². The molecule has 4 heterocycles. The summed E-state index contributed by atoms with van der Waals surface area (Å²) in [7, 11) is 0. The summed E-state index contributed by atoms with van der Waals surface area (Å²) in [5, 5.41) is 17.4. The molecule has 0 radical (unpaired) electrons. The third-order valence-corrected chi connectivity index (χ3v) is 4.33. The third kappa shape index (κ3) is 2.60. The first kappa shape index (κ1) is 15.5. The fourth-order valence-corrected chi connectivity index (χ4v) is 3.17. The molecule has 1 aliphatic rings. The summed E-state index contributed by atoms with van der Waals surface area (Å²) >= 11 is 0. The van der Waals surface area contributed by atoms with Gasteiger partial charge in [0.15, 0.2) is 0 Å². The summed E-state index contributed by atoms with van der Waals surface area (Å²) in [4.78, 5) is 9.59. The lowest BCUT2D eigenvalue weighted by Crippen LogP contribution is -2.43. The van der Waals surface area contributed by atoms with E-state index in [1.807, 2.05) is 6.07 Å². The van der Waals surface area contributed by atoms with Gasteiger partial charge in [0.1, 0.15) is 11.7 Å². The highest BCUT2D eigenvalue weighted by Gasteiger charge is 2.22. The number of pyridine rings is 1. The van der Waals surface area contributed by atoms with Crippen LogP contribution in [0.2, 0.25) is 0 Å². The molecule has 0 unspecified atom stereocenters. The van der Waals surface area contributed by atoms with Gasteiger partial charge in [0, 0.05) is 44.1 Å². The molecule has 128 valence electrons. The Morgan fingerprint density at radius 3 is 2.76 bits per heavy atom. The molecule has 4 rings (SSSR count). The number of hydrogen-bond acceptors (Lipinski definition) is 5. The number of nitrogens with one attached hydrogen (secondary N) is 2. The molecule has 1 saturated heterocycles. The van der Waals surface area contributed by atoms with Gasteiger partial charge in [-0.15, -0.1) is 0 Å². The highest BCUT2D eigenvalue weighted by molar-refractivity contribution is 6.00. The van der Waals surface area contributed by atoms with Gasteiger partial charge in [-0.05, 0) is 6.07 Å². The number of hydrogen-bond donors (Lipinski definition) is 2. The van der Waals surface area contributed by atoms with Gasteiger partial charge in [0.2, 0.25) is 0 Å². The first-order valence-corrected chi connectivity index (χ1v) is 7.88. The van der Waals surface area contributed by atoms with Gasteiger partial charge in [0.05, 0.1) is 28.5 Å². The lowest BCUT2D eigenvalue weighted by molar-refractivity contribution is 0.0566. The minimum Gasteiger partial charge on any atom is -0.368 e. The number of aromatic nitrogens is 4. The summed E-state index contributed by atoms with van der Waals surface area (Å²) in [5.74, 6) is 0. The number of anilines is 1. The predicted molar refractivity (Wildman–Crippen MR) is 88.4 cm³/mol. The molecule has 0 amide bonds. The zero-order valence-corrected chi connectivity index (χ0v) is 13.2. The number of fused-ring (bicyclic) bond motifs is 1. The number of halogens is 2. The third-order valence-electron chi connectivity index (χ3n) is 4.33. The summed E-state index contributed by atoms with van der Waals surface area (Å²) in [5.41, 5.74) is 2.77. The molecule has 0 aromatic carbocycles. The molecule has 0 aliphatic carbocycles. The van der Waals surface area contributed by atoms with Crippen LogP contribution >= 0.6 is 0 Å². The Morgan fingerprint density at radius 2 is 2.08 bits per heavy atom. The van der Waals surface area contributed by atoms with E-state index in [-0.39, 0.29) is 0 Å². The summed E-state index contributed by atoms with van der Waals surface area (Å²) in [6.45, 7) is 0.661. The standard InChI is InChI=1S/C16H15F2N7/c17-16(18)25-9-10(8-22-25)14-11(7-19)13-12(1-2-21-15(13)23-14)24-5-3-20-4-6-24/h1-2,8-9,16,20H,3-6H2,(H,21,23). The predicted octanol–water partition coefficient (Wildman–Crippen LogP) is 2.10. The number of nitriles is 1. The quantitative estimate of drug-likeness (QED) is 0.761. The van der Waals surface area contributed by atoms with Gasteiger partial charge in [-0.1, -0.05) is 0 Å². The van der Waals surface area contributed by atoms with Crippen molar-refractivity contribution in [2.24, 2.45) is 0 Å². The van der Waals surface area contributed by atoms with Crippen molar-refractivity contribution in [2.75, 3.05) is 31.1 Å². The van der Waals surface area contributed by atoms with Gasteiger partial charge >= 0.3 is 6.55 Å². The van der Waals surface area contributed by atoms with Crippen LogP contribution in [-0.4, -0.2) is 45.9 Å². The normalized spacial score (nSPS) is 15.0. The average molecular weight is 343 g/mol. The molecule has 0 saturated carbocycles. The Morgan fingerprint density at radius 1 is 1.28 bits per heavy atom. The number of alkyl halides is 2. The fraction of sp³-hybridized carbons (Fsp3) is 0.312. The average Bonchev–Trinajstić information content (AvgIpc) is 3.26. The van der Waals surface area contributed by atoms with Crippen LogP contribution in [-0.2, 0) is 0 Å². The second-order valence-electron chi connectivity index (χ2n) is 5.76. The molecule has 0 atom stereocenters. The van der Waals surface area contributed by atoms with Crippen LogP contribution in [0, 0.1) is 11.3 Å². The molecule has 3 aromatic heterocycles. The van der Waals surface area contributed by atoms with Crippen molar-refractivity contribution in [1.82, 2.24) is 25.1 Å². The lowest BCUT2D eigenvalue weighted by Gasteiger charge is -2.29. The zero-order chi connectivity index (χ0) is 17.4. The number of nitrogens with zero attached hydrogens (tertiary/aromatic N) is 5. The van der Waals surface area contributed by atoms with Crippen LogP contribution in [0.4, 0.5) is 14.5 Å². The van der Waals surface area contributed by atoms with Crippen molar-refractivity contribution in [1.29, 1.82) is 5.26 Å². The van der Waals surface area contributed by atoms with E-state index in [1.54, 1.807) is 6.20 Å². The minimum atomic E-state index is -2.72. The Hall–Kier alpha value is -2.99. The van der Waals surface area contributed by atoms with Gasteiger partial charge < -0.3 is 15.2 Å². The number of rotatable bonds is 3. The van der Waals surface area contributed by atoms with Crippen molar-refractivity contribution in [3.05, 3.63) is 30.2 Å². The van der Waals surface area contributed by atoms with Crippen molar-refractivity contribution in [2.45, 2.75) is 6.55 Å².